The Labute approximate surface area is 143 Å². The van der Waals surface area contributed by atoms with Gasteiger partial charge in [-0.05, 0) is 12.1 Å². The van der Waals surface area contributed by atoms with Crippen LogP contribution in [0.5, 0.6) is 11.5 Å². The van der Waals surface area contributed by atoms with E-state index in [4.69, 9.17) is 33.3 Å². The largest absolute Gasteiger partial charge is 0.493 e. The van der Waals surface area contributed by atoms with Crippen LogP contribution in [0, 0.1) is 0 Å². The summed E-state index contributed by atoms with van der Waals surface area (Å²) in [5, 5.41) is 0.491. The van der Waals surface area contributed by atoms with Gasteiger partial charge in [-0.15, -0.1) is 6.58 Å². The van der Waals surface area contributed by atoms with E-state index in [9.17, 15) is 4.79 Å². The Morgan fingerprint density at radius 3 is 2.73 bits per heavy atom. The highest BCUT2D eigenvalue weighted by molar-refractivity contribution is 8.26. The molecule has 0 aliphatic carbocycles. The quantitative estimate of drug-likeness (QED) is 0.457. The number of carbonyl (C=O) groups is 1. The molecule has 0 radical (unpaired) electrons. The smallest absolute Gasteiger partial charge is 0.266 e. The molecule has 1 amide bonds. The van der Waals surface area contributed by atoms with Crippen LogP contribution in [0.3, 0.4) is 0 Å². The first-order chi connectivity index (χ1) is 10.5. The zero-order chi connectivity index (χ0) is 16.3. The normalized spacial score (nSPS) is 16.3. The molecule has 0 unspecified atom stereocenters. The highest BCUT2D eigenvalue weighted by atomic mass is 35.5. The maximum atomic E-state index is 12.3. The number of ether oxygens (including phenoxy) is 2. The minimum atomic E-state index is -0.157. The van der Waals surface area contributed by atoms with Crippen LogP contribution in [-0.4, -0.2) is 35.9 Å². The highest BCUT2D eigenvalue weighted by Crippen LogP contribution is 2.39. The van der Waals surface area contributed by atoms with Gasteiger partial charge in [-0.25, -0.2) is 0 Å². The summed E-state index contributed by atoms with van der Waals surface area (Å²) in [5.41, 5.74) is 0.658. The van der Waals surface area contributed by atoms with Crippen molar-refractivity contribution in [1.82, 2.24) is 4.90 Å². The third-order valence-corrected chi connectivity index (χ3v) is 4.54. The molecule has 1 aliphatic heterocycles. The Morgan fingerprint density at radius 1 is 1.41 bits per heavy atom. The van der Waals surface area contributed by atoms with Crippen molar-refractivity contribution in [2.75, 3.05) is 20.8 Å². The average molecular weight is 356 g/mol. The van der Waals surface area contributed by atoms with Crippen LogP contribution in [0.25, 0.3) is 6.08 Å². The van der Waals surface area contributed by atoms with Gasteiger partial charge < -0.3 is 9.47 Å². The molecule has 1 aromatic rings. The van der Waals surface area contributed by atoms with Crippen LogP contribution in [0.15, 0.2) is 29.7 Å². The Kier molecular flexibility index (Phi) is 5.50. The minimum absolute atomic E-state index is 0.157. The lowest BCUT2D eigenvalue weighted by Gasteiger charge is -2.12. The number of carbonyl (C=O) groups excluding carboxylic acids is 1. The van der Waals surface area contributed by atoms with Crippen LogP contribution in [0.2, 0.25) is 5.02 Å². The Morgan fingerprint density at radius 2 is 2.14 bits per heavy atom. The van der Waals surface area contributed by atoms with Gasteiger partial charge in [-0.1, -0.05) is 41.7 Å². The van der Waals surface area contributed by atoms with E-state index < -0.39 is 0 Å². The van der Waals surface area contributed by atoms with Crippen LogP contribution < -0.4 is 9.47 Å². The standard InChI is InChI=1S/C15H14ClNO3S2/c1-4-5-17-14(18)12(22-15(17)21)7-9-6-10(16)8-11(19-2)13(9)20-3/h4,6-8H,1,5H2,2-3H3. The number of hydrogen-bond acceptors (Lipinski definition) is 5. The van der Waals surface area contributed by atoms with Gasteiger partial charge in [0, 0.05) is 23.2 Å². The zero-order valence-corrected chi connectivity index (χ0v) is 14.5. The fourth-order valence-corrected chi connectivity index (χ4v) is 3.48. The summed E-state index contributed by atoms with van der Waals surface area (Å²) in [7, 11) is 3.06. The van der Waals surface area contributed by atoms with Crippen LogP contribution in [-0.2, 0) is 4.79 Å². The topological polar surface area (TPSA) is 38.8 Å². The number of thiocarbonyl (C=S) groups is 1. The van der Waals surface area contributed by atoms with E-state index in [1.165, 1.54) is 30.9 Å². The van der Waals surface area contributed by atoms with Crippen LogP contribution >= 0.6 is 35.6 Å². The molecule has 1 heterocycles. The maximum Gasteiger partial charge on any atom is 0.266 e. The Bertz CT molecular complexity index is 673. The number of benzene rings is 1. The van der Waals surface area contributed by atoms with Crippen molar-refractivity contribution in [3.05, 3.63) is 40.3 Å². The van der Waals surface area contributed by atoms with Crippen molar-refractivity contribution in [1.29, 1.82) is 0 Å². The fraction of sp³-hybridized carbons (Fsp3) is 0.200. The summed E-state index contributed by atoms with van der Waals surface area (Å²) in [6.07, 6.45) is 3.34. The first kappa shape index (κ1) is 16.9. The molecule has 1 fully saturated rings. The van der Waals surface area contributed by atoms with Gasteiger partial charge >= 0.3 is 0 Å². The number of nitrogens with zero attached hydrogens (tertiary/aromatic N) is 1. The summed E-state index contributed by atoms with van der Waals surface area (Å²) >= 11 is 12.5. The number of thioether (sulfide) groups is 1. The summed E-state index contributed by atoms with van der Waals surface area (Å²) in [5.74, 6) is 0.861. The lowest BCUT2D eigenvalue weighted by atomic mass is 10.1. The SMILES string of the molecule is C=CCN1C(=O)C(=Cc2cc(Cl)cc(OC)c2OC)SC1=S. The summed E-state index contributed by atoms with van der Waals surface area (Å²) in [6, 6.07) is 3.36. The van der Waals surface area contributed by atoms with Crippen LogP contribution in [0.1, 0.15) is 5.56 Å². The molecule has 1 aliphatic rings. The fourth-order valence-electron chi connectivity index (χ4n) is 1.99. The zero-order valence-electron chi connectivity index (χ0n) is 12.1. The molecule has 4 nitrogen and oxygen atoms in total. The first-order valence-corrected chi connectivity index (χ1v) is 7.89. The molecular weight excluding hydrogens is 342 g/mol. The van der Waals surface area contributed by atoms with Crippen molar-refractivity contribution in [2.45, 2.75) is 0 Å². The number of halogens is 1. The molecule has 0 N–H and O–H groups in total. The van der Waals surface area contributed by atoms with E-state index in [1.807, 2.05) is 0 Å². The second kappa shape index (κ2) is 7.17. The second-order valence-corrected chi connectivity index (χ2v) is 6.42. The molecule has 1 aromatic carbocycles. The monoisotopic (exact) mass is 355 g/mol. The van der Waals surface area contributed by atoms with Gasteiger partial charge in [0.15, 0.2) is 11.5 Å². The number of rotatable bonds is 5. The van der Waals surface area contributed by atoms with Gasteiger partial charge in [0.2, 0.25) is 0 Å². The van der Waals surface area contributed by atoms with E-state index in [0.717, 1.165) is 0 Å². The van der Waals surface area contributed by atoms with Gasteiger partial charge in [-0.2, -0.15) is 0 Å². The molecule has 0 atom stereocenters. The molecule has 2 rings (SSSR count). The van der Waals surface area contributed by atoms with Gasteiger partial charge in [0.25, 0.3) is 5.91 Å². The molecule has 1 saturated heterocycles. The molecule has 0 saturated carbocycles. The second-order valence-electron chi connectivity index (χ2n) is 4.31. The van der Waals surface area contributed by atoms with E-state index >= 15 is 0 Å². The molecule has 116 valence electrons. The third-order valence-electron chi connectivity index (χ3n) is 2.94. The van der Waals surface area contributed by atoms with E-state index in [1.54, 1.807) is 24.3 Å². The van der Waals surface area contributed by atoms with E-state index in [2.05, 4.69) is 6.58 Å². The molecular formula is C15H14ClNO3S2. The van der Waals surface area contributed by atoms with Crippen LogP contribution in [0.4, 0.5) is 0 Å². The predicted molar refractivity (Wildman–Crippen MR) is 94.6 cm³/mol. The third kappa shape index (κ3) is 3.29. The Balaban J connectivity index is 2.45. The number of hydrogen-bond donors (Lipinski definition) is 0. The van der Waals surface area contributed by atoms with Crippen molar-refractivity contribution in [2.24, 2.45) is 0 Å². The number of amides is 1. The van der Waals surface area contributed by atoms with Gasteiger partial charge in [0.1, 0.15) is 4.32 Å². The summed E-state index contributed by atoms with van der Waals surface area (Å²) in [6.45, 7) is 4.01. The average Bonchev–Trinajstić information content (AvgIpc) is 2.74. The molecule has 22 heavy (non-hydrogen) atoms. The van der Waals surface area contributed by atoms with E-state index in [0.29, 0.717) is 37.9 Å². The Hall–Kier alpha value is -1.50. The van der Waals surface area contributed by atoms with Gasteiger partial charge in [-0.3, -0.25) is 9.69 Å². The van der Waals surface area contributed by atoms with Crippen molar-refractivity contribution in [3.63, 3.8) is 0 Å². The predicted octanol–water partition coefficient (Wildman–Crippen LogP) is 3.74. The van der Waals surface area contributed by atoms with Crippen molar-refractivity contribution < 1.29 is 14.3 Å². The summed E-state index contributed by atoms with van der Waals surface area (Å²) < 4.78 is 11.1. The molecule has 0 spiro atoms. The minimum Gasteiger partial charge on any atom is -0.493 e. The lowest BCUT2D eigenvalue weighted by Crippen LogP contribution is -2.27. The van der Waals surface area contributed by atoms with Crippen molar-refractivity contribution in [3.8, 4) is 11.5 Å². The first-order valence-electron chi connectivity index (χ1n) is 6.29. The molecule has 0 bridgehead atoms. The van der Waals surface area contributed by atoms with Crippen molar-refractivity contribution >= 4 is 51.9 Å². The molecule has 0 aromatic heterocycles. The van der Waals surface area contributed by atoms with Gasteiger partial charge in [0.05, 0.1) is 19.1 Å². The maximum absolute atomic E-state index is 12.3. The van der Waals surface area contributed by atoms with E-state index in [-0.39, 0.29) is 5.91 Å². The number of methoxy groups -OCH3 is 2. The highest BCUT2D eigenvalue weighted by Gasteiger charge is 2.31. The summed E-state index contributed by atoms with van der Waals surface area (Å²) in [4.78, 5) is 14.3. The lowest BCUT2D eigenvalue weighted by molar-refractivity contribution is -0.121. The molecule has 7 heteroatoms.